The number of aromatic nitrogens is 3. The Kier molecular flexibility index (Phi) is 4.81. The molecular weight excluding hydrogens is 384 g/mol. The van der Waals surface area contributed by atoms with Gasteiger partial charge in [-0.15, -0.1) is 0 Å². The number of carbonyl (C=O) groups excluding carboxylic acids is 1. The number of nitrogens with zero attached hydrogens (tertiary/aromatic N) is 3. The zero-order chi connectivity index (χ0) is 21.4. The molecule has 1 unspecified atom stereocenters. The summed E-state index contributed by atoms with van der Waals surface area (Å²) in [5, 5.41) is 8.28. The van der Waals surface area contributed by atoms with Gasteiger partial charge in [-0.3, -0.25) is 14.9 Å². The van der Waals surface area contributed by atoms with Gasteiger partial charge in [-0.25, -0.2) is 0 Å². The summed E-state index contributed by atoms with van der Waals surface area (Å²) in [6.07, 6.45) is 3.71. The van der Waals surface area contributed by atoms with Gasteiger partial charge < -0.3 is 4.90 Å². The van der Waals surface area contributed by atoms with Crippen molar-refractivity contribution in [1.29, 1.82) is 0 Å². The summed E-state index contributed by atoms with van der Waals surface area (Å²) >= 11 is 0. The highest BCUT2D eigenvalue weighted by Gasteiger charge is 2.42. The predicted octanol–water partition coefficient (Wildman–Crippen LogP) is 4.80. The second kappa shape index (κ2) is 7.65. The van der Waals surface area contributed by atoms with Crippen LogP contribution in [-0.4, -0.2) is 39.1 Å². The molecule has 5 heteroatoms. The Labute approximate surface area is 182 Å². The Morgan fingerprint density at radius 2 is 1.84 bits per heavy atom. The quantitative estimate of drug-likeness (QED) is 0.528. The van der Waals surface area contributed by atoms with Gasteiger partial charge in [0.05, 0.1) is 16.6 Å². The van der Waals surface area contributed by atoms with Crippen molar-refractivity contribution in [3.8, 4) is 0 Å². The van der Waals surface area contributed by atoms with Gasteiger partial charge in [0.1, 0.15) is 0 Å². The Morgan fingerprint density at radius 1 is 1.03 bits per heavy atom. The minimum Gasteiger partial charge on any atom is -0.336 e. The monoisotopic (exact) mass is 410 g/mol. The van der Waals surface area contributed by atoms with Crippen LogP contribution in [0, 0.1) is 13.8 Å². The van der Waals surface area contributed by atoms with E-state index in [1.165, 1.54) is 11.1 Å². The molecule has 1 N–H and O–H groups in total. The Bertz CT molecular complexity index is 1230. The number of nitrogens with one attached hydrogen (secondary N) is 1. The van der Waals surface area contributed by atoms with Crippen LogP contribution in [-0.2, 0) is 5.41 Å². The summed E-state index contributed by atoms with van der Waals surface area (Å²) in [7, 11) is 0. The van der Waals surface area contributed by atoms with Crippen LogP contribution in [0.25, 0.3) is 10.9 Å². The van der Waals surface area contributed by atoms with Crippen LogP contribution in [0.5, 0.6) is 0 Å². The molecule has 0 saturated carbocycles. The van der Waals surface area contributed by atoms with Gasteiger partial charge in [0, 0.05) is 24.7 Å². The molecule has 1 fully saturated rings. The number of benzene rings is 2. The Hall–Kier alpha value is -3.47. The number of amides is 1. The third-order valence-corrected chi connectivity index (χ3v) is 6.46. The lowest BCUT2D eigenvalue weighted by atomic mass is 9.71. The highest BCUT2D eigenvalue weighted by molar-refractivity contribution is 6.04. The van der Waals surface area contributed by atoms with E-state index in [0.717, 1.165) is 41.5 Å². The lowest BCUT2D eigenvalue weighted by Gasteiger charge is -2.43. The van der Waals surface area contributed by atoms with E-state index in [-0.39, 0.29) is 11.3 Å². The van der Waals surface area contributed by atoms with Gasteiger partial charge in [-0.2, -0.15) is 5.10 Å². The van der Waals surface area contributed by atoms with Gasteiger partial charge in [-0.05, 0) is 56.5 Å². The SMILES string of the molecule is Cc1ccc(C2(c3ccccn3)CCCN(C(=O)c3n[nH]c4ccc(C)cc34)C2)cc1. The third-order valence-electron chi connectivity index (χ3n) is 6.46. The van der Waals surface area contributed by atoms with Gasteiger partial charge in [0.15, 0.2) is 5.69 Å². The maximum atomic E-state index is 13.6. The molecule has 4 aromatic rings. The first-order chi connectivity index (χ1) is 15.1. The summed E-state index contributed by atoms with van der Waals surface area (Å²) in [4.78, 5) is 20.3. The summed E-state index contributed by atoms with van der Waals surface area (Å²) in [6, 6.07) is 20.8. The molecule has 5 rings (SSSR count). The molecule has 1 atom stereocenters. The standard InChI is InChI=1S/C26H26N4O/c1-18-7-10-20(11-8-18)26(23-6-3-4-14-27-23)13-5-15-30(17-26)25(31)24-21-16-19(2)9-12-22(21)28-29-24/h3-4,6-12,14,16H,5,13,15,17H2,1-2H3,(H,28,29). The first kappa shape index (κ1) is 19.5. The van der Waals surface area contributed by atoms with Gasteiger partial charge >= 0.3 is 0 Å². The summed E-state index contributed by atoms with van der Waals surface area (Å²) in [5.41, 5.74) is 5.62. The molecule has 2 aromatic heterocycles. The molecule has 0 bridgehead atoms. The number of hydrogen-bond donors (Lipinski definition) is 1. The van der Waals surface area contributed by atoms with E-state index in [1.807, 2.05) is 48.4 Å². The normalized spacial score (nSPS) is 19.0. The number of likely N-dealkylation sites (tertiary alicyclic amines) is 1. The molecule has 1 aliphatic rings. The van der Waals surface area contributed by atoms with E-state index < -0.39 is 0 Å². The van der Waals surface area contributed by atoms with Gasteiger partial charge in [0.2, 0.25) is 0 Å². The van der Waals surface area contributed by atoms with Crippen LogP contribution in [0.1, 0.15) is 45.7 Å². The summed E-state index contributed by atoms with van der Waals surface area (Å²) in [6.45, 7) is 5.44. The second-order valence-electron chi connectivity index (χ2n) is 8.61. The molecule has 31 heavy (non-hydrogen) atoms. The van der Waals surface area contributed by atoms with Gasteiger partial charge in [-0.1, -0.05) is 47.5 Å². The number of H-pyrrole nitrogens is 1. The molecule has 0 spiro atoms. The largest absolute Gasteiger partial charge is 0.336 e. The van der Waals surface area contributed by atoms with Crippen LogP contribution >= 0.6 is 0 Å². The fourth-order valence-corrected chi connectivity index (χ4v) is 4.78. The van der Waals surface area contributed by atoms with Crippen molar-refractivity contribution in [2.24, 2.45) is 0 Å². The Morgan fingerprint density at radius 3 is 2.61 bits per heavy atom. The van der Waals surface area contributed by atoms with Crippen LogP contribution in [0.2, 0.25) is 0 Å². The van der Waals surface area contributed by atoms with Crippen molar-refractivity contribution in [1.82, 2.24) is 20.1 Å². The number of rotatable bonds is 3. The smallest absolute Gasteiger partial charge is 0.275 e. The minimum atomic E-state index is -0.328. The number of fused-ring (bicyclic) bond motifs is 1. The van der Waals surface area contributed by atoms with Crippen LogP contribution in [0.15, 0.2) is 66.9 Å². The number of aryl methyl sites for hydroxylation is 2. The van der Waals surface area contributed by atoms with Crippen LogP contribution in [0.3, 0.4) is 0 Å². The number of pyridine rings is 1. The van der Waals surface area contributed by atoms with E-state index in [4.69, 9.17) is 4.98 Å². The molecular formula is C26H26N4O. The lowest BCUT2D eigenvalue weighted by molar-refractivity contribution is 0.0659. The molecule has 1 aliphatic heterocycles. The molecule has 3 heterocycles. The van der Waals surface area contributed by atoms with Crippen molar-refractivity contribution in [3.63, 3.8) is 0 Å². The maximum absolute atomic E-state index is 13.6. The summed E-state index contributed by atoms with van der Waals surface area (Å²) in [5.74, 6) is -0.0241. The highest BCUT2D eigenvalue weighted by Crippen LogP contribution is 2.40. The van der Waals surface area contributed by atoms with E-state index in [9.17, 15) is 4.79 Å². The molecule has 0 aliphatic carbocycles. The number of carbonyl (C=O) groups is 1. The number of hydrogen-bond acceptors (Lipinski definition) is 3. The molecule has 156 valence electrons. The maximum Gasteiger partial charge on any atom is 0.275 e. The predicted molar refractivity (Wildman–Crippen MR) is 122 cm³/mol. The van der Waals surface area contributed by atoms with E-state index in [1.54, 1.807) is 0 Å². The topological polar surface area (TPSA) is 61.9 Å². The van der Waals surface area contributed by atoms with E-state index in [2.05, 4.69) is 47.5 Å². The average molecular weight is 411 g/mol. The van der Waals surface area contributed by atoms with Crippen molar-refractivity contribution in [2.45, 2.75) is 32.1 Å². The van der Waals surface area contributed by atoms with Crippen molar-refractivity contribution in [3.05, 3.63) is 94.9 Å². The second-order valence-corrected chi connectivity index (χ2v) is 8.61. The first-order valence-electron chi connectivity index (χ1n) is 10.8. The summed E-state index contributed by atoms with van der Waals surface area (Å²) < 4.78 is 0. The molecule has 5 nitrogen and oxygen atoms in total. The van der Waals surface area contributed by atoms with Crippen molar-refractivity contribution >= 4 is 16.8 Å². The third kappa shape index (κ3) is 3.40. The fourth-order valence-electron chi connectivity index (χ4n) is 4.78. The van der Waals surface area contributed by atoms with E-state index in [0.29, 0.717) is 12.2 Å². The average Bonchev–Trinajstić information content (AvgIpc) is 3.22. The van der Waals surface area contributed by atoms with Crippen molar-refractivity contribution < 1.29 is 4.79 Å². The van der Waals surface area contributed by atoms with Gasteiger partial charge in [0.25, 0.3) is 5.91 Å². The highest BCUT2D eigenvalue weighted by atomic mass is 16.2. The minimum absolute atomic E-state index is 0.0241. The molecule has 1 amide bonds. The Balaban J connectivity index is 1.56. The molecule has 1 saturated heterocycles. The number of piperidine rings is 1. The molecule has 0 radical (unpaired) electrons. The zero-order valence-corrected chi connectivity index (χ0v) is 17.9. The van der Waals surface area contributed by atoms with Crippen molar-refractivity contribution in [2.75, 3.05) is 13.1 Å². The van der Waals surface area contributed by atoms with Crippen LogP contribution < -0.4 is 0 Å². The molecule has 2 aromatic carbocycles. The lowest BCUT2D eigenvalue weighted by Crippen LogP contribution is -2.49. The zero-order valence-electron chi connectivity index (χ0n) is 17.9. The van der Waals surface area contributed by atoms with Crippen LogP contribution in [0.4, 0.5) is 0 Å². The van der Waals surface area contributed by atoms with E-state index >= 15 is 0 Å². The fraction of sp³-hybridized carbons (Fsp3) is 0.269. The number of aromatic amines is 1. The first-order valence-corrected chi connectivity index (χ1v) is 10.8.